The summed E-state index contributed by atoms with van der Waals surface area (Å²) < 4.78 is 0. The topological polar surface area (TPSA) is 77.8 Å². The molecule has 27 heavy (non-hydrogen) atoms. The van der Waals surface area contributed by atoms with Crippen LogP contribution in [0.3, 0.4) is 0 Å². The Kier molecular flexibility index (Phi) is 6.03. The van der Waals surface area contributed by atoms with E-state index in [1.807, 2.05) is 30.3 Å². The van der Waals surface area contributed by atoms with E-state index in [9.17, 15) is 4.79 Å². The number of carbonyl (C=O) groups excluding carboxylic acids is 1. The van der Waals surface area contributed by atoms with Crippen molar-refractivity contribution in [2.75, 3.05) is 17.2 Å². The van der Waals surface area contributed by atoms with Gasteiger partial charge in [-0.25, -0.2) is 0 Å². The molecule has 0 radical (unpaired) electrons. The average molecular weight is 377 g/mol. The third-order valence-corrected chi connectivity index (χ3v) is 4.18. The maximum atomic E-state index is 12.4. The Bertz CT molecular complexity index is 963. The number of anilines is 2. The second-order valence-electron chi connectivity index (χ2n) is 5.91. The molecule has 3 aromatic rings. The van der Waals surface area contributed by atoms with Gasteiger partial charge in [-0.3, -0.25) is 9.78 Å². The van der Waals surface area contributed by atoms with Crippen LogP contribution >= 0.6 is 11.6 Å². The van der Waals surface area contributed by atoms with Crippen molar-refractivity contribution in [3.63, 3.8) is 0 Å². The minimum Gasteiger partial charge on any atom is -0.383 e. The fourth-order valence-corrected chi connectivity index (χ4v) is 2.62. The highest BCUT2D eigenvalue weighted by molar-refractivity contribution is 6.30. The molecule has 5 nitrogen and oxygen atoms in total. The SMILES string of the molecule is N#Cc1ccc(NC(=O)c2cncc(NCCc3ccc(Cl)cc3)c2)cc1. The third kappa shape index (κ3) is 5.30. The van der Waals surface area contributed by atoms with Crippen molar-refractivity contribution in [1.82, 2.24) is 4.98 Å². The molecule has 2 N–H and O–H groups in total. The minimum absolute atomic E-state index is 0.256. The number of aromatic nitrogens is 1. The first-order valence-electron chi connectivity index (χ1n) is 8.39. The standard InChI is InChI=1S/C21H17ClN4O/c22-18-5-1-15(2-6-18)9-10-25-20-11-17(13-24-14-20)21(27)26-19-7-3-16(12-23)4-8-19/h1-8,11,13-14,25H,9-10H2,(H,26,27). The van der Waals surface area contributed by atoms with Crippen molar-refractivity contribution in [2.45, 2.75) is 6.42 Å². The molecular weight excluding hydrogens is 360 g/mol. The molecule has 0 aliphatic heterocycles. The zero-order chi connectivity index (χ0) is 19.1. The van der Waals surface area contributed by atoms with E-state index in [4.69, 9.17) is 16.9 Å². The largest absolute Gasteiger partial charge is 0.383 e. The molecule has 0 unspecified atom stereocenters. The first kappa shape index (κ1) is 18.4. The van der Waals surface area contributed by atoms with Gasteiger partial charge in [0, 0.05) is 29.6 Å². The monoisotopic (exact) mass is 376 g/mol. The third-order valence-electron chi connectivity index (χ3n) is 3.93. The summed E-state index contributed by atoms with van der Waals surface area (Å²) >= 11 is 5.89. The van der Waals surface area contributed by atoms with Gasteiger partial charge in [-0.1, -0.05) is 23.7 Å². The molecule has 3 rings (SSSR count). The summed E-state index contributed by atoms with van der Waals surface area (Å²) in [6.45, 7) is 0.712. The molecule has 0 spiro atoms. The Morgan fingerprint density at radius 1 is 1.04 bits per heavy atom. The number of benzene rings is 2. The van der Waals surface area contributed by atoms with Crippen molar-refractivity contribution >= 4 is 28.9 Å². The van der Waals surface area contributed by atoms with Gasteiger partial charge in [0.05, 0.1) is 22.9 Å². The number of nitrogens with one attached hydrogen (secondary N) is 2. The van der Waals surface area contributed by atoms with Gasteiger partial charge in [0.1, 0.15) is 0 Å². The molecule has 0 atom stereocenters. The number of nitriles is 1. The summed E-state index contributed by atoms with van der Waals surface area (Å²) in [6.07, 6.45) is 4.03. The Morgan fingerprint density at radius 2 is 1.78 bits per heavy atom. The van der Waals surface area contributed by atoms with Crippen molar-refractivity contribution in [3.8, 4) is 6.07 Å². The van der Waals surface area contributed by atoms with E-state index < -0.39 is 0 Å². The number of rotatable bonds is 6. The lowest BCUT2D eigenvalue weighted by Crippen LogP contribution is -2.13. The predicted octanol–water partition coefficient (Wildman–Crippen LogP) is 4.51. The Hall–Kier alpha value is -3.36. The lowest BCUT2D eigenvalue weighted by atomic mass is 10.1. The number of amides is 1. The van der Waals surface area contributed by atoms with Crippen LogP contribution in [-0.2, 0) is 6.42 Å². The molecular formula is C21H17ClN4O. The van der Waals surface area contributed by atoms with Crippen LogP contribution in [0.4, 0.5) is 11.4 Å². The predicted molar refractivity (Wildman–Crippen MR) is 107 cm³/mol. The maximum Gasteiger partial charge on any atom is 0.257 e. The molecule has 0 bridgehead atoms. The van der Waals surface area contributed by atoms with E-state index in [1.165, 1.54) is 11.8 Å². The number of nitrogens with zero attached hydrogens (tertiary/aromatic N) is 2. The van der Waals surface area contributed by atoms with E-state index in [0.29, 0.717) is 23.4 Å². The fraction of sp³-hybridized carbons (Fsp3) is 0.0952. The molecule has 0 saturated heterocycles. The summed E-state index contributed by atoms with van der Waals surface area (Å²) in [7, 11) is 0. The van der Waals surface area contributed by atoms with Crippen LogP contribution < -0.4 is 10.6 Å². The molecule has 1 heterocycles. The van der Waals surface area contributed by atoms with Crippen LogP contribution in [0.15, 0.2) is 67.0 Å². The normalized spacial score (nSPS) is 10.1. The summed E-state index contributed by atoms with van der Waals surface area (Å²) in [5.41, 5.74) is 3.57. The van der Waals surface area contributed by atoms with Gasteiger partial charge in [-0.15, -0.1) is 0 Å². The quantitative estimate of drug-likeness (QED) is 0.663. The van der Waals surface area contributed by atoms with Gasteiger partial charge < -0.3 is 10.6 Å². The van der Waals surface area contributed by atoms with Crippen LogP contribution in [0.25, 0.3) is 0 Å². The lowest BCUT2D eigenvalue weighted by Gasteiger charge is -2.09. The van der Waals surface area contributed by atoms with Gasteiger partial charge in [0.25, 0.3) is 5.91 Å². The molecule has 0 fully saturated rings. The molecule has 0 saturated carbocycles. The molecule has 0 aliphatic carbocycles. The first-order chi connectivity index (χ1) is 13.1. The molecule has 1 amide bonds. The Balaban J connectivity index is 1.58. The van der Waals surface area contributed by atoms with Gasteiger partial charge in [0.2, 0.25) is 0 Å². The van der Waals surface area contributed by atoms with E-state index >= 15 is 0 Å². The number of carbonyl (C=O) groups is 1. The Labute approximate surface area is 162 Å². The smallest absolute Gasteiger partial charge is 0.257 e. The number of hydrogen-bond acceptors (Lipinski definition) is 4. The van der Waals surface area contributed by atoms with Crippen LogP contribution in [-0.4, -0.2) is 17.4 Å². The van der Waals surface area contributed by atoms with E-state index in [1.54, 1.807) is 36.5 Å². The van der Waals surface area contributed by atoms with E-state index in [0.717, 1.165) is 17.1 Å². The highest BCUT2D eigenvalue weighted by Crippen LogP contribution is 2.14. The van der Waals surface area contributed by atoms with Gasteiger partial charge in [-0.05, 0) is 54.4 Å². The summed E-state index contributed by atoms with van der Waals surface area (Å²) in [5.74, 6) is -0.256. The molecule has 0 aliphatic rings. The van der Waals surface area contributed by atoms with Gasteiger partial charge in [0.15, 0.2) is 0 Å². The van der Waals surface area contributed by atoms with Crippen LogP contribution in [0.2, 0.25) is 5.02 Å². The number of halogens is 1. The Morgan fingerprint density at radius 3 is 2.48 bits per heavy atom. The van der Waals surface area contributed by atoms with Crippen molar-refractivity contribution < 1.29 is 4.79 Å². The van der Waals surface area contributed by atoms with Crippen molar-refractivity contribution in [2.24, 2.45) is 0 Å². The fourth-order valence-electron chi connectivity index (χ4n) is 2.49. The van der Waals surface area contributed by atoms with Crippen LogP contribution in [0.1, 0.15) is 21.5 Å². The molecule has 2 aromatic carbocycles. The van der Waals surface area contributed by atoms with E-state index in [-0.39, 0.29) is 5.91 Å². The van der Waals surface area contributed by atoms with Gasteiger partial charge in [-0.2, -0.15) is 5.26 Å². The zero-order valence-electron chi connectivity index (χ0n) is 14.4. The van der Waals surface area contributed by atoms with Crippen LogP contribution in [0.5, 0.6) is 0 Å². The minimum atomic E-state index is -0.256. The molecule has 6 heteroatoms. The second kappa shape index (κ2) is 8.84. The molecule has 1 aromatic heterocycles. The van der Waals surface area contributed by atoms with Crippen molar-refractivity contribution in [1.29, 1.82) is 5.26 Å². The average Bonchev–Trinajstić information content (AvgIpc) is 2.70. The highest BCUT2D eigenvalue weighted by Gasteiger charge is 2.08. The lowest BCUT2D eigenvalue weighted by molar-refractivity contribution is 0.102. The summed E-state index contributed by atoms with van der Waals surface area (Å²) in [5, 5.41) is 15.6. The summed E-state index contributed by atoms with van der Waals surface area (Å²) in [4.78, 5) is 16.5. The van der Waals surface area contributed by atoms with Gasteiger partial charge >= 0.3 is 0 Å². The van der Waals surface area contributed by atoms with Crippen LogP contribution in [0, 0.1) is 11.3 Å². The summed E-state index contributed by atoms with van der Waals surface area (Å²) in [6, 6.07) is 18.2. The maximum absolute atomic E-state index is 12.4. The van der Waals surface area contributed by atoms with Crippen molar-refractivity contribution in [3.05, 3.63) is 88.7 Å². The number of pyridine rings is 1. The first-order valence-corrected chi connectivity index (χ1v) is 8.77. The van der Waals surface area contributed by atoms with E-state index in [2.05, 4.69) is 15.6 Å². The number of hydrogen-bond donors (Lipinski definition) is 2. The zero-order valence-corrected chi connectivity index (χ0v) is 15.2. The second-order valence-corrected chi connectivity index (χ2v) is 6.35. The highest BCUT2D eigenvalue weighted by atomic mass is 35.5. The molecule has 134 valence electrons.